The van der Waals surface area contributed by atoms with Crippen LogP contribution >= 0.6 is 0 Å². The number of para-hydroxylation sites is 2. The minimum Gasteiger partial charge on any atom is -0.457 e. The number of benzene rings is 10. The maximum absolute atomic E-state index is 6.97. The molecular formula is C72H62N4O. The molecule has 13 aromatic rings. The third kappa shape index (κ3) is 8.33. The van der Waals surface area contributed by atoms with E-state index in [0.717, 1.165) is 72.3 Å². The molecule has 0 unspecified atom stereocenters. The van der Waals surface area contributed by atoms with Crippen LogP contribution < -0.4 is 4.74 Å². The van der Waals surface area contributed by atoms with Gasteiger partial charge in [0.2, 0.25) is 0 Å². The molecule has 0 spiro atoms. The van der Waals surface area contributed by atoms with E-state index in [1.807, 2.05) is 6.07 Å². The number of hydrogen-bond acceptors (Lipinski definition) is 3. The van der Waals surface area contributed by atoms with E-state index in [1.165, 1.54) is 72.1 Å². The monoisotopic (exact) mass is 998 g/mol. The molecule has 0 atom stereocenters. The molecule has 77 heavy (non-hydrogen) atoms. The summed E-state index contributed by atoms with van der Waals surface area (Å²) in [4.78, 5) is 10.9. The molecule has 0 N–H and O–H groups in total. The number of fused-ring (bicyclic) bond motifs is 10. The van der Waals surface area contributed by atoms with Crippen molar-refractivity contribution in [2.75, 3.05) is 0 Å². The van der Waals surface area contributed by atoms with E-state index in [1.54, 1.807) is 0 Å². The molecule has 3 aromatic heterocycles. The zero-order chi connectivity index (χ0) is 52.6. The Bertz CT molecular complexity index is 4370. The first-order chi connectivity index (χ1) is 37.5. The van der Waals surface area contributed by atoms with Crippen molar-refractivity contribution in [1.82, 2.24) is 18.9 Å². The number of rotatable bonds is 11. The summed E-state index contributed by atoms with van der Waals surface area (Å²) >= 11 is 0. The summed E-state index contributed by atoms with van der Waals surface area (Å²) in [6, 6.07) is 74.8. The van der Waals surface area contributed by atoms with Gasteiger partial charge in [0.25, 0.3) is 0 Å². The summed E-state index contributed by atoms with van der Waals surface area (Å²) in [7, 11) is 0. The highest BCUT2D eigenvalue weighted by Gasteiger charge is 2.25. The van der Waals surface area contributed by atoms with Crippen molar-refractivity contribution in [2.24, 2.45) is 0 Å². The van der Waals surface area contributed by atoms with Crippen LogP contribution in [0.2, 0.25) is 0 Å². The first-order valence-electron chi connectivity index (χ1n) is 27.4. The van der Waals surface area contributed by atoms with Crippen molar-refractivity contribution in [2.45, 2.75) is 79.1 Å². The van der Waals surface area contributed by atoms with Crippen LogP contribution in [0, 0.1) is 0 Å². The summed E-state index contributed by atoms with van der Waals surface area (Å²) in [5, 5.41) is 5.67. The van der Waals surface area contributed by atoms with Gasteiger partial charge in [0.1, 0.15) is 23.0 Å². The summed E-state index contributed by atoms with van der Waals surface area (Å²) in [5.74, 6) is 3.49. The second kappa shape index (κ2) is 19.1. The van der Waals surface area contributed by atoms with Gasteiger partial charge in [-0.3, -0.25) is 8.97 Å². The number of aromatic nitrogens is 4. The van der Waals surface area contributed by atoms with Crippen LogP contribution in [0.15, 0.2) is 206 Å². The number of pyridine rings is 1. The molecule has 0 aliphatic rings. The molecule has 0 aliphatic carbocycles. The van der Waals surface area contributed by atoms with Gasteiger partial charge in [0.15, 0.2) is 0 Å². The van der Waals surface area contributed by atoms with Crippen LogP contribution in [-0.2, 0) is 0 Å². The molecule has 0 saturated carbocycles. The Hall–Kier alpha value is -8.80. The minimum absolute atomic E-state index is 0.258. The molecule has 0 radical (unpaired) electrons. The fourth-order valence-corrected chi connectivity index (χ4v) is 11.9. The Morgan fingerprint density at radius 3 is 1.56 bits per heavy atom. The lowest BCUT2D eigenvalue weighted by Gasteiger charge is -2.24. The van der Waals surface area contributed by atoms with Gasteiger partial charge in [0, 0.05) is 16.3 Å². The molecule has 0 amide bonds. The molecule has 3 heterocycles. The molecule has 0 saturated heterocycles. The summed E-state index contributed by atoms with van der Waals surface area (Å²) < 4.78 is 11.8. The van der Waals surface area contributed by atoms with Crippen molar-refractivity contribution in [3.8, 4) is 62.0 Å². The molecule has 13 rings (SSSR count). The predicted octanol–water partition coefficient (Wildman–Crippen LogP) is 20.2. The van der Waals surface area contributed by atoms with Crippen LogP contribution in [0.3, 0.4) is 0 Å². The average molecular weight is 999 g/mol. The maximum atomic E-state index is 6.97. The van der Waals surface area contributed by atoms with E-state index in [4.69, 9.17) is 14.7 Å². The van der Waals surface area contributed by atoms with Gasteiger partial charge >= 0.3 is 0 Å². The fraction of sp³-hybridized carbons (Fsp3) is 0.167. The van der Waals surface area contributed by atoms with E-state index >= 15 is 0 Å². The highest BCUT2D eigenvalue weighted by molar-refractivity contribution is 6.15. The van der Waals surface area contributed by atoms with Gasteiger partial charge < -0.3 is 4.74 Å². The summed E-state index contributed by atoms with van der Waals surface area (Å²) in [5.41, 5.74) is 21.0. The van der Waals surface area contributed by atoms with Gasteiger partial charge in [-0.2, -0.15) is 0 Å². The number of nitrogens with zero attached hydrogens (tertiary/aromatic N) is 4. The third-order valence-corrected chi connectivity index (χ3v) is 15.8. The third-order valence-electron chi connectivity index (χ3n) is 15.8. The molecule has 376 valence electrons. The summed E-state index contributed by atoms with van der Waals surface area (Å²) in [6.07, 6.45) is 0. The standard InChI is InChI=1S/C72H62N4O/c1-43(2)59-35-53(47-20-11-9-12-21-47)36-60(44(3)4)69(59)51-30-32-58-57-33-31-56(42-63(57)72-74-65-39-49-24-15-16-25-50(49)40-68(65)75(72)67(58)41-51)77-55-27-19-26-52(34-55)71-73-64-28-17-18-29-66(64)76(71)70-61(45(5)6)37-54(38-62(70)46(7)8)48-22-13-10-14-23-48/h9-46H,1-8H3. The Labute approximate surface area is 451 Å². The topological polar surface area (TPSA) is 44.3 Å². The Morgan fingerprint density at radius 1 is 0.351 bits per heavy atom. The van der Waals surface area contributed by atoms with Gasteiger partial charge in [-0.15, -0.1) is 0 Å². The van der Waals surface area contributed by atoms with Crippen LogP contribution in [0.4, 0.5) is 0 Å². The Morgan fingerprint density at radius 2 is 0.909 bits per heavy atom. The van der Waals surface area contributed by atoms with E-state index in [0.29, 0.717) is 11.8 Å². The first-order valence-corrected chi connectivity index (χ1v) is 27.4. The second-order valence-electron chi connectivity index (χ2n) is 22.2. The maximum Gasteiger partial charge on any atom is 0.146 e. The zero-order valence-electron chi connectivity index (χ0n) is 45.1. The van der Waals surface area contributed by atoms with Crippen LogP contribution in [0.25, 0.3) is 111 Å². The van der Waals surface area contributed by atoms with Crippen molar-refractivity contribution in [3.63, 3.8) is 0 Å². The summed E-state index contributed by atoms with van der Waals surface area (Å²) in [6.45, 7) is 18.5. The molecule has 5 nitrogen and oxygen atoms in total. The van der Waals surface area contributed by atoms with Gasteiger partial charge in [-0.1, -0.05) is 189 Å². The highest BCUT2D eigenvalue weighted by Crippen LogP contribution is 2.45. The van der Waals surface area contributed by atoms with E-state index < -0.39 is 0 Å². The van der Waals surface area contributed by atoms with Gasteiger partial charge in [-0.05, 0) is 168 Å². The van der Waals surface area contributed by atoms with E-state index in [2.05, 4.69) is 265 Å². The molecule has 0 fully saturated rings. The average Bonchev–Trinajstić information content (AvgIpc) is 4.18. The lowest BCUT2D eigenvalue weighted by Crippen LogP contribution is -2.09. The number of imidazole rings is 2. The van der Waals surface area contributed by atoms with Crippen molar-refractivity contribution in [3.05, 3.63) is 229 Å². The molecule has 0 bridgehead atoms. The predicted molar refractivity (Wildman–Crippen MR) is 324 cm³/mol. The lowest BCUT2D eigenvalue weighted by atomic mass is 9.82. The van der Waals surface area contributed by atoms with Crippen molar-refractivity contribution >= 4 is 60.2 Å². The normalized spacial score (nSPS) is 12.1. The van der Waals surface area contributed by atoms with Crippen LogP contribution in [0.5, 0.6) is 11.5 Å². The smallest absolute Gasteiger partial charge is 0.146 e. The fourth-order valence-electron chi connectivity index (χ4n) is 11.9. The minimum atomic E-state index is 0.258. The van der Waals surface area contributed by atoms with E-state index in [9.17, 15) is 0 Å². The first kappa shape index (κ1) is 47.9. The number of ether oxygens (including phenoxy) is 1. The molecule has 0 aliphatic heterocycles. The quantitative estimate of drug-likeness (QED) is 0.121. The SMILES string of the molecule is CC(C)c1cc(-c2ccccc2)cc(C(C)C)c1-c1ccc2c3ccc(Oc4cccc(-c5nc6ccccc6n5-c5c(C(C)C)cc(-c6ccccc6)cc5C(C)C)c4)cc3c3nc4cc5ccccc5cc4n3c2c1. The van der Waals surface area contributed by atoms with Crippen LogP contribution in [-0.4, -0.2) is 18.9 Å². The number of hydrogen-bond donors (Lipinski definition) is 0. The molecule has 10 aromatic carbocycles. The zero-order valence-corrected chi connectivity index (χ0v) is 45.1. The largest absolute Gasteiger partial charge is 0.457 e. The van der Waals surface area contributed by atoms with E-state index in [-0.39, 0.29) is 11.8 Å². The lowest BCUT2D eigenvalue weighted by molar-refractivity contribution is 0.483. The Balaban J connectivity index is 0.964. The van der Waals surface area contributed by atoms with Crippen molar-refractivity contribution < 1.29 is 4.74 Å². The molecule has 5 heteroatoms. The second-order valence-corrected chi connectivity index (χ2v) is 22.2. The van der Waals surface area contributed by atoms with Gasteiger partial charge in [0.05, 0.1) is 33.3 Å². The van der Waals surface area contributed by atoms with Crippen LogP contribution in [0.1, 0.15) is 101 Å². The molecular weight excluding hydrogens is 937 g/mol. The highest BCUT2D eigenvalue weighted by atomic mass is 16.5. The Kier molecular flexibility index (Phi) is 11.9. The van der Waals surface area contributed by atoms with Crippen molar-refractivity contribution in [1.29, 1.82) is 0 Å². The van der Waals surface area contributed by atoms with Gasteiger partial charge in [-0.25, -0.2) is 9.97 Å².